The van der Waals surface area contributed by atoms with Crippen LogP contribution in [0.2, 0.25) is 0 Å². The highest BCUT2D eigenvalue weighted by molar-refractivity contribution is 7.21. The van der Waals surface area contributed by atoms with Gasteiger partial charge in [-0.3, -0.25) is 14.5 Å². The van der Waals surface area contributed by atoms with Gasteiger partial charge in [0.1, 0.15) is 15.5 Å². The van der Waals surface area contributed by atoms with Crippen LogP contribution in [-0.4, -0.2) is 39.9 Å². The van der Waals surface area contributed by atoms with Crippen LogP contribution >= 0.6 is 11.3 Å². The van der Waals surface area contributed by atoms with Crippen molar-refractivity contribution in [2.24, 2.45) is 0 Å². The first-order valence-electron chi connectivity index (χ1n) is 13.4. The van der Waals surface area contributed by atoms with E-state index in [1.54, 1.807) is 29.4 Å². The van der Waals surface area contributed by atoms with Gasteiger partial charge in [-0.15, -0.1) is 11.3 Å². The van der Waals surface area contributed by atoms with Gasteiger partial charge in [-0.1, -0.05) is 24.8 Å². The van der Waals surface area contributed by atoms with Crippen molar-refractivity contribution in [3.8, 4) is 11.6 Å². The van der Waals surface area contributed by atoms with E-state index in [4.69, 9.17) is 4.74 Å². The number of anilines is 3. The summed E-state index contributed by atoms with van der Waals surface area (Å²) in [5, 5.41) is 9.67. The van der Waals surface area contributed by atoms with Crippen molar-refractivity contribution in [3.63, 3.8) is 0 Å². The molecule has 1 fully saturated rings. The minimum absolute atomic E-state index is 0.0248. The van der Waals surface area contributed by atoms with Crippen LogP contribution in [0.3, 0.4) is 0 Å². The smallest absolute Gasteiger partial charge is 0.331 e. The topological polar surface area (TPSA) is 126 Å². The van der Waals surface area contributed by atoms with Gasteiger partial charge in [-0.05, 0) is 62.4 Å². The fraction of sp³-hybridized carbons (Fsp3) is 0.233. The standard InChI is InChI=1S/C30H28N6O4S/c1-3-23(37)33-18-8-7-9-19(15-18)34-28(38)27-26-25-21(12-13-31-29(25)41-27)36(30(39)35-26)22-16-32-24(14-17(22)2)40-20-10-5-4-6-11-20/h3-6,10-14,16,18-19H,1,7-9,15H2,2H3,(H,33,37)(H,34,38)(H,35,39)/t18-,19+/m0/s1. The second kappa shape index (κ2) is 11.0. The van der Waals surface area contributed by atoms with Crippen LogP contribution in [0.25, 0.3) is 10.2 Å². The van der Waals surface area contributed by atoms with Crippen molar-refractivity contribution in [3.05, 3.63) is 78.0 Å². The lowest BCUT2D eigenvalue weighted by atomic mass is 9.91. The fourth-order valence-corrected chi connectivity index (χ4v) is 6.39. The van der Waals surface area contributed by atoms with Gasteiger partial charge in [-0.2, -0.15) is 0 Å². The predicted molar refractivity (Wildman–Crippen MR) is 158 cm³/mol. The molecule has 1 aliphatic heterocycles. The van der Waals surface area contributed by atoms with Crippen LogP contribution in [0.5, 0.6) is 11.6 Å². The molecule has 1 aliphatic carbocycles. The molecule has 2 atom stereocenters. The van der Waals surface area contributed by atoms with Gasteiger partial charge in [0, 0.05) is 24.3 Å². The first-order valence-corrected chi connectivity index (χ1v) is 14.2. The lowest BCUT2D eigenvalue weighted by Crippen LogP contribution is -2.45. The van der Waals surface area contributed by atoms with Gasteiger partial charge in [0.15, 0.2) is 0 Å². The maximum absolute atomic E-state index is 13.5. The molecule has 208 valence electrons. The number of aromatic nitrogens is 2. The molecule has 41 heavy (non-hydrogen) atoms. The van der Waals surface area contributed by atoms with E-state index >= 15 is 0 Å². The van der Waals surface area contributed by atoms with Crippen molar-refractivity contribution in [1.82, 2.24) is 20.6 Å². The van der Waals surface area contributed by atoms with E-state index in [-0.39, 0.29) is 23.9 Å². The molecule has 3 N–H and O–H groups in total. The third-order valence-corrected chi connectivity index (χ3v) is 8.35. The Morgan fingerprint density at radius 3 is 2.66 bits per heavy atom. The largest absolute Gasteiger partial charge is 0.439 e. The van der Waals surface area contributed by atoms with E-state index in [0.717, 1.165) is 24.8 Å². The number of thiophene rings is 1. The first kappa shape index (κ1) is 26.5. The van der Waals surface area contributed by atoms with Crippen molar-refractivity contribution < 1.29 is 19.1 Å². The van der Waals surface area contributed by atoms with Crippen molar-refractivity contribution in [2.75, 3.05) is 10.2 Å². The first-order chi connectivity index (χ1) is 19.9. The average Bonchev–Trinajstić information content (AvgIpc) is 3.34. The number of nitrogens with zero attached hydrogens (tertiary/aromatic N) is 3. The van der Waals surface area contributed by atoms with Gasteiger partial charge >= 0.3 is 6.03 Å². The molecule has 1 aromatic carbocycles. The Bertz CT molecular complexity index is 1670. The van der Waals surface area contributed by atoms with E-state index < -0.39 is 6.03 Å². The van der Waals surface area contributed by atoms with Gasteiger partial charge in [0.05, 0.1) is 28.6 Å². The summed E-state index contributed by atoms with van der Waals surface area (Å²) in [6.07, 6.45) is 7.67. The zero-order chi connectivity index (χ0) is 28.5. The number of amides is 4. The molecular weight excluding hydrogens is 540 g/mol. The van der Waals surface area contributed by atoms with Crippen LogP contribution in [0, 0.1) is 6.92 Å². The number of urea groups is 1. The monoisotopic (exact) mass is 568 g/mol. The summed E-state index contributed by atoms with van der Waals surface area (Å²) in [6, 6.07) is 12.4. The number of pyridine rings is 2. The number of hydrogen-bond donors (Lipinski definition) is 3. The molecule has 11 heteroatoms. The van der Waals surface area contributed by atoms with E-state index in [1.807, 2.05) is 37.3 Å². The Balaban J connectivity index is 1.27. The minimum atomic E-state index is -0.399. The number of benzene rings is 1. The fourth-order valence-electron chi connectivity index (χ4n) is 5.37. The summed E-state index contributed by atoms with van der Waals surface area (Å²) in [5.74, 6) is 0.589. The summed E-state index contributed by atoms with van der Waals surface area (Å²) in [7, 11) is 0. The Morgan fingerprint density at radius 2 is 1.90 bits per heavy atom. The molecule has 4 amide bonds. The van der Waals surface area contributed by atoms with E-state index in [9.17, 15) is 14.4 Å². The number of para-hydroxylation sites is 1. The molecule has 0 spiro atoms. The molecule has 4 aromatic rings. The van der Waals surface area contributed by atoms with Crippen molar-refractivity contribution in [2.45, 2.75) is 44.7 Å². The molecule has 0 saturated heterocycles. The molecule has 1 saturated carbocycles. The van der Waals surface area contributed by atoms with Gasteiger partial charge < -0.3 is 20.7 Å². The second-order valence-corrected chi connectivity index (χ2v) is 11.1. The average molecular weight is 569 g/mol. The third kappa shape index (κ3) is 5.23. The molecule has 3 aromatic heterocycles. The Morgan fingerprint density at radius 1 is 1.12 bits per heavy atom. The number of ether oxygens (including phenoxy) is 1. The zero-order valence-electron chi connectivity index (χ0n) is 22.3. The molecule has 4 heterocycles. The highest BCUT2D eigenvalue weighted by Gasteiger charge is 2.34. The Labute approximate surface area is 240 Å². The summed E-state index contributed by atoms with van der Waals surface area (Å²) in [5.41, 5.74) is 2.45. The van der Waals surface area contributed by atoms with Gasteiger partial charge in [0.2, 0.25) is 11.8 Å². The number of rotatable bonds is 7. The van der Waals surface area contributed by atoms with Crippen LogP contribution in [0.15, 0.2) is 67.5 Å². The van der Waals surface area contributed by atoms with Crippen LogP contribution < -0.4 is 25.6 Å². The number of carbonyl (C=O) groups is 3. The highest BCUT2D eigenvalue weighted by Crippen LogP contribution is 2.46. The Hall–Kier alpha value is -4.77. The maximum atomic E-state index is 13.5. The van der Waals surface area contributed by atoms with Gasteiger partial charge in [-0.25, -0.2) is 14.8 Å². The quantitative estimate of drug-likeness (QED) is 0.241. The SMILES string of the molecule is C=CC(=O)N[C@H]1CCC[C@@H](NC(=O)c2sc3nccc4c3c2NC(=O)N4c2cnc(Oc3ccccc3)cc2C)C1. The summed E-state index contributed by atoms with van der Waals surface area (Å²) < 4.78 is 5.86. The molecule has 2 aliphatic rings. The lowest BCUT2D eigenvalue weighted by molar-refractivity contribution is -0.117. The van der Waals surface area contributed by atoms with Crippen molar-refractivity contribution >= 4 is 56.5 Å². The molecular formula is C30H28N6O4S. The number of nitrogens with one attached hydrogen (secondary N) is 3. The van der Waals surface area contributed by atoms with Crippen LogP contribution in [-0.2, 0) is 4.79 Å². The third-order valence-electron chi connectivity index (χ3n) is 7.26. The summed E-state index contributed by atoms with van der Waals surface area (Å²) in [4.78, 5) is 50.2. The van der Waals surface area contributed by atoms with Crippen LogP contribution in [0.1, 0.15) is 40.9 Å². The molecule has 10 nitrogen and oxygen atoms in total. The second-order valence-electron chi connectivity index (χ2n) is 10.1. The van der Waals surface area contributed by atoms with E-state index in [0.29, 0.717) is 50.2 Å². The zero-order valence-corrected chi connectivity index (χ0v) is 23.2. The van der Waals surface area contributed by atoms with Gasteiger partial charge in [0.25, 0.3) is 5.91 Å². The Kier molecular flexibility index (Phi) is 7.10. The van der Waals surface area contributed by atoms with Crippen LogP contribution in [0.4, 0.5) is 21.9 Å². The highest BCUT2D eigenvalue weighted by atomic mass is 32.1. The molecule has 0 bridgehead atoms. The molecule has 0 unspecified atom stereocenters. The summed E-state index contributed by atoms with van der Waals surface area (Å²) in [6.45, 7) is 5.39. The van der Waals surface area contributed by atoms with Crippen molar-refractivity contribution in [1.29, 1.82) is 0 Å². The molecule has 0 radical (unpaired) electrons. The normalized spacial score (nSPS) is 18.0. The van der Waals surface area contributed by atoms with E-state index in [1.165, 1.54) is 17.4 Å². The summed E-state index contributed by atoms with van der Waals surface area (Å²) >= 11 is 1.24. The van der Waals surface area contributed by atoms with E-state index in [2.05, 4.69) is 32.5 Å². The minimum Gasteiger partial charge on any atom is -0.439 e. The predicted octanol–water partition coefficient (Wildman–Crippen LogP) is 5.82. The number of carbonyl (C=O) groups excluding carboxylic acids is 3. The number of hydrogen-bond acceptors (Lipinski definition) is 7. The molecule has 6 rings (SSSR count). The maximum Gasteiger partial charge on any atom is 0.331 e. The number of aryl methyl sites for hydroxylation is 1. The lowest BCUT2D eigenvalue weighted by Gasteiger charge is -2.30.